The van der Waals surface area contributed by atoms with E-state index in [1.807, 2.05) is 0 Å². The number of carbonyl (C=O) groups is 1. The predicted octanol–water partition coefficient (Wildman–Crippen LogP) is 4.90. The highest BCUT2D eigenvalue weighted by molar-refractivity contribution is 5.86. The number of carbonyl (C=O) groups excluding carboxylic acids is 1. The molecule has 4 fully saturated rings. The van der Waals surface area contributed by atoms with Crippen LogP contribution in [0.5, 0.6) is 0 Å². The van der Waals surface area contributed by atoms with Gasteiger partial charge in [0.05, 0.1) is 12.2 Å². The van der Waals surface area contributed by atoms with Crippen molar-refractivity contribution in [3.8, 4) is 6.07 Å². The molecule has 4 saturated carbocycles. The number of hydrogen-bond donors (Lipinski definition) is 1. The molecule has 0 aromatic heterocycles. The molecule has 1 spiro atoms. The zero-order valence-electron chi connectivity index (χ0n) is 17.7. The lowest BCUT2D eigenvalue weighted by Gasteiger charge is -2.60. The molecule has 5 rings (SSSR count). The molecule has 3 heteroatoms. The normalized spacial score (nSPS) is 52.5. The van der Waals surface area contributed by atoms with Gasteiger partial charge in [-0.1, -0.05) is 32.4 Å². The van der Waals surface area contributed by atoms with Crippen LogP contribution in [0.3, 0.4) is 0 Å². The van der Waals surface area contributed by atoms with Crippen molar-refractivity contribution in [3.63, 3.8) is 0 Å². The second-order valence-corrected chi connectivity index (χ2v) is 11.0. The average Bonchev–Trinajstić information content (AvgIpc) is 3.26. The van der Waals surface area contributed by atoms with E-state index in [0.29, 0.717) is 41.8 Å². The standard InChI is InChI=1S/C25H35NO2/c1-4-17-20-12-16(27)7-9-24(20,3)21-11-15-13-25(15)18(14(2)8-10-26)5-6-19(25)22(21)23(17)28/h13-14,16-22,27H,4-9,11-12H2,1-3H3/t14-,16-,17?,18-,19+,20+,21+,22+,24+,25-/m1/s1. The first-order valence-corrected chi connectivity index (χ1v) is 11.7. The van der Waals surface area contributed by atoms with E-state index in [0.717, 1.165) is 38.5 Å². The van der Waals surface area contributed by atoms with Gasteiger partial charge in [0.15, 0.2) is 0 Å². The number of hydrogen-bond acceptors (Lipinski definition) is 3. The molecule has 0 amide bonds. The smallest absolute Gasteiger partial charge is 0.139 e. The first-order valence-electron chi connectivity index (χ1n) is 11.7. The Morgan fingerprint density at radius 3 is 2.79 bits per heavy atom. The van der Waals surface area contributed by atoms with Crippen molar-refractivity contribution in [3.05, 3.63) is 11.6 Å². The molecule has 1 N–H and O–H groups in total. The molecule has 0 heterocycles. The predicted molar refractivity (Wildman–Crippen MR) is 108 cm³/mol. The lowest BCUT2D eigenvalue weighted by molar-refractivity contribution is -0.163. The van der Waals surface area contributed by atoms with E-state index in [-0.39, 0.29) is 28.8 Å². The number of aliphatic hydroxyl groups excluding tert-OH is 1. The summed E-state index contributed by atoms with van der Waals surface area (Å²) in [5.74, 6) is 3.18. The summed E-state index contributed by atoms with van der Waals surface area (Å²) in [6.07, 6.45) is 10.1. The molecule has 0 aromatic rings. The van der Waals surface area contributed by atoms with Crippen molar-refractivity contribution in [1.82, 2.24) is 0 Å². The topological polar surface area (TPSA) is 61.1 Å². The molecule has 5 aliphatic rings. The molecule has 0 aliphatic heterocycles. The van der Waals surface area contributed by atoms with Crippen molar-refractivity contribution < 1.29 is 9.90 Å². The third-order valence-electron chi connectivity index (χ3n) is 10.2. The Bertz CT molecular complexity index is 765. The number of aliphatic hydroxyl groups is 1. The highest BCUT2D eigenvalue weighted by atomic mass is 16.3. The molecule has 0 radical (unpaired) electrons. The van der Waals surface area contributed by atoms with E-state index in [2.05, 4.69) is 32.9 Å². The van der Waals surface area contributed by atoms with Gasteiger partial charge in [-0.15, -0.1) is 0 Å². The van der Waals surface area contributed by atoms with E-state index in [4.69, 9.17) is 0 Å². The Labute approximate surface area is 169 Å². The Hall–Kier alpha value is -1.14. The highest BCUT2D eigenvalue weighted by Crippen LogP contribution is 2.76. The number of nitriles is 1. The van der Waals surface area contributed by atoms with Crippen LogP contribution in [0.15, 0.2) is 11.6 Å². The minimum Gasteiger partial charge on any atom is -0.393 e. The number of nitrogens with zero attached hydrogens (tertiary/aromatic N) is 1. The summed E-state index contributed by atoms with van der Waals surface area (Å²) in [5.41, 5.74) is 2.01. The van der Waals surface area contributed by atoms with Crippen molar-refractivity contribution in [2.45, 2.75) is 78.2 Å². The molecule has 0 saturated heterocycles. The fraction of sp³-hybridized carbons (Fsp3) is 0.840. The first kappa shape index (κ1) is 18.9. The first-order chi connectivity index (χ1) is 13.4. The maximum atomic E-state index is 13.8. The van der Waals surface area contributed by atoms with Crippen LogP contribution in [-0.4, -0.2) is 17.0 Å². The van der Waals surface area contributed by atoms with Gasteiger partial charge in [0.25, 0.3) is 0 Å². The van der Waals surface area contributed by atoms with Gasteiger partial charge >= 0.3 is 0 Å². The number of rotatable bonds is 3. The Morgan fingerprint density at radius 1 is 1.29 bits per heavy atom. The van der Waals surface area contributed by atoms with Crippen LogP contribution in [0.2, 0.25) is 0 Å². The van der Waals surface area contributed by atoms with E-state index in [1.54, 1.807) is 5.57 Å². The maximum absolute atomic E-state index is 13.8. The molecule has 1 unspecified atom stereocenters. The van der Waals surface area contributed by atoms with Gasteiger partial charge in [-0.25, -0.2) is 0 Å². The van der Waals surface area contributed by atoms with Crippen LogP contribution in [0.4, 0.5) is 0 Å². The summed E-state index contributed by atoms with van der Waals surface area (Å²) in [6, 6.07) is 2.39. The summed E-state index contributed by atoms with van der Waals surface area (Å²) < 4.78 is 0. The molecule has 3 nitrogen and oxygen atoms in total. The van der Waals surface area contributed by atoms with Crippen LogP contribution in [0, 0.1) is 63.6 Å². The van der Waals surface area contributed by atoms with Gasteiger partial charge in [0, 0.05) is 23.7 Å². The van der Waals surface area contributed by atoms with Crippen molar-refractivity contribution in [1.29, 1.82) is 5.26 Å². The second-order valence-electron chi connectivity index (χ2n) is 11.0. The van der Waals surface area contributed by atoms with E-state index in [9.17, 15) is 15.2 Å². The fourth-order valence-corrected chi connectivity index (χ4v) is 8.85. The minimum atomic E-state index is -0.220. The number of Topliss-reactive ketones (excluding diaryl/α,β-unsaturated/α-hetero) is 1. The fourth-order valence-electron chi connectivity index (χ4n) is 8.85. The van der Waals surface area contributed by atoms with Crippen LogP contribution in [0.1, 0.15) is 72.1 Å². The highest BCUT2D eigenvalue weighted by Gasteiger charge is 2.70. The summed E-state index contributed by atoms with van der Waals surface area (Å²) >= 11 is 0. The maximum Gasteiger partial charge on any atom is 0.139 e. The van der Waals surface area contributed by atoms with Crippen LogP contribution < -0.4 is 0 Å². The lowest BCUT2D eigenvalue weighted by atomic mass is 9.43. The number of ketones is 1. The van der Waals surface area contributed by atoms with E-state index in [1.165, 1.54) is 6.42 Å². The molecule has 10 atom stereocenters. The van der Waals surface area contributed by atoms with Gasteiger partial charge in [-0.2, -0.15) is 5.26 Å². The largest absolute Gasteiger partial charge is 0.393 e. The van der Waals surface area contributed by atoms with Gasteiger partial charge in [-0.3, -0.25) is 4.79 Å². The van der Waals surface area contributed by atoms with Crippen molar-refractivity contribution in [2.24, 2.45) is 52.3 Å². The lowest BCUT2D eigenvalue weighted by Crippen LogP contribution is -2.59. The van der Waals surface area contributed by atoms with Crippen LogP contribution in [-0.2, 0) is 4.79 Å². The number of fused-ring (bicyclic) bond motifs is 4. The second kappa shape index (κ2) is 6.18. The molecular formula is C25H35NO2. The van der Waals surface area contributed by atoms with Crippen LogP contribution >= 0.6 is 0 Å². The van der Waals surface area contributed by atoms with Crippen molar-refractivity contribution >= 4 is 5.78 Å². The minimum absolute atomic E-state index is 0.133. The molecule has 5 aliphatic carbocycles. The zero-order valence-corrected chi connectivity index (χ0v) is 17.7. The van der Waals surface area contributed by atoms with Gasteiger partial charge in [0.2, 0.25) is 0 Å². The van der Waals surface area contributed by atoms with Gasteiger partial charge in [0.1, 0.15) is 5.78 Å². The van der Waals surface area contributed by atoms with E-state index < -0.39 is 0 Å². The van der Waals surface area contributed by atoms with E-state index >= 15 is 0 Å². The Kier molecular flexibility index (Phi) is 4.16. The molecule has 28 heavy (non-hydrogen) atoms. The SMILES string of the molecule is CCC1C(=O)[C@@H]2[C@H](CC3=C[C@]34[C@@H]([C@H](C)CC#N)CC[C@@H]24)[C@@]2(C)CC[C@@H](O)C[C@@H]12. The molecule has 0 aromatic carbocycles. The molecular weight excluding hydrogens is 346 g/mol. The quantitative estimate of drug-likeness (QED) is 0.707. The van der Waals surface area contributed by atoms with Gasteiger partial charge in [-0.05, 0) is 80.0 Å². The van der Waals surface area contributed by atoms with Crippen molar-refractivity contribution in [2.75, 3.05) is 0 Å². The third-order valence-corrected chi connectivity index (χ3v) is 10.2. The molecule has 152 valence electrons. The summed E-state index contributed by atoms with van der Waals surface area (Å²) in [7, 11) is 0. The average molecular weight is 382 g/mol. The number of allylic oxidation sites excluding steroid dienone is 2. The summed E-state index contributed by atoms with van der Waals surface area (Å²) in [6.45, 7) is 6.88. The van der Waals surface area contributed by atoms with Crippen LogP contribution in [0.25, 0.3) is 0 Å². The Balaban J connectivity index is 1.51. The molecule has 0 bridgehead atoms. The monoisotopic (exact) mass is 381 g/mol. The summed E-state index contributed by atoms with van der Waals surface area (Å²) in [5, 5.41) is 19.6. The Morgan fingerprint density at radius 2 is 2.07 bits per heavy atom. The summed E-state index contributed by atoms with van der Waals surface area (Å²) in [4.78, 5) is 13.8. The zero-order chi connectivity index (χ0) is 19.8. The van der Waals surface area contributed by atoms with Gasteiger partial charge < -0.3 is 5.11 Å². The third kappa shape index (κ3) is 2.22.